The van der Waals surface area contributed by atoms with Crippen LogP contribution in [0.5, 0.6) is 0 Å². The maximum absolute atomic E-state index is 12.4. The number of hydrogen-bond acceptors (Lipinski definition) is 5. The lowest BCUT2D eigenvalue weighted by Gasteiger charge is -2.34. The van der Waals surface area contributed by atoms with Gasteiger partial charge in [-0.1, -0.05) is 12.1 Å². The Morgan fingerprint density at radius 3 is 2.25 bits per heavy atom. The van der Waals surface area contributed by atoms with Gasteiger partial charge in [-0.2, -0.15) is 0 Å². The summed E-state index contributed by atoms with van der Waals surface area (Å²) in [6, 6.07) is 10.1. The molecule has 0 spiro atoms. The van der Waals surface area contributed by atoms with E-state index in [0.29, 0.717) is 18.7 Å². The van der Waals surface area contributed by atoms with Crippen LogP contribution in [0.15, 0.2) is 48.8 Å². The predicted octanol–water partition coefficient (Wildman–Crippen LogP) is 1.95. The van der Waals surface area contributed by atoms with Crippen LogP contribution in [-0.4, -0.2) is 51.8 Å². The minimum absolute atomic E-state index is 0.0346. The first-order valence-corrected chi connectivity index (χ1v) is 7.78. The summed E-state index contributed by atoms with van der Waals surface area (Å²) < 4.78 is 0. The number of hydrogen-bond donors (Lipinski definition) is 0. The predicted molar refractivity (Wildman–Crippen MR) is 88.5 cm³/mol. The lowest BCUT2D eigenvalue weighted by molar-refractivity contribution is -0.384. The Labute approximate surface area is 139 Å². The highest BCUT2D eigenvalue weighted by Crippen LogP contribution is 2.15. The number of nitrogens with zero attached hydrogens (tertiary/aromatic N) is 4. The van der Waals surface area contributed by atoms with E-state index < -0.39 is 4.92 Å². The van der Waals surface area contributed by atoms with E-state index in [9.17, 15) is 14.9 Å². The molecule has 0 saturated carbocycles. The normalized spacial score (nSPS) is 15.2. The fraction of sp³-hybridized carbons (Fsp3) is 0.294. The third kappa shape index (κ3) is 3.75. The van der Waals surface area contributed by atoms with Gasteiger partial charge in [0.15, 0.2) is 0 Å². The number of rotatable bonds is 4. The molecule has 1 amide bonds. The zero-order valence-corrected chi connectivity index (χ0v) is 13.2. The Morgan fingerprint density at radius 2 is 1.67 bits per heavy atom. The zero-order chi connectivity index (χ0) is 16.9. The molecular weight excluding hydrogens is 308 g/mol. The first-order valence-electron chi connectivity index (χ1n) is 7.78. The summed E-state index contributed by atoms with van der Waals surface area (Å²) in [7, 11) is 0. The summed E-state index contributed by atoms with van der Waals surface area (Å²) in [5.74, 6) is 0.0346. The van der Waals surface area contributed by atoms with Crippen LogP contribution in [0.3, 0.4) is 0 Å². The zero-order valence-electron chi connectivity index (χ0n) is 13.2. The molecule has 7 nitrogen and oxygen atoms in total. The molecule has 0 bridgehead atoms. The van der Waals surface area contributed by atoms with Crippen molar-refractivity contribution in [3.63, 3.8) is 0 Å². The number of amides is 1. The van der Waals surface area contributed by atoms with Crippen molar-refractivity contribution in [1.29, 1.82) is 0 Å². The first kappa shape index (κ1) is 16.1. The van der Waals surface area contributed by atoms with Gasteiger partial charge in [0.2, 0.25) is 0 Å². The van der Waals surface area contributed by atoms with E-state index in [2.05, 4.69) is 9.88 Å². The molecule has 1 aromatic carbocycles. The fourth-order valence-corrected chi connectivity index (χ4v) is 2.77. The molecule has 1 saturated heterocycles. The molecule has 0 atom stereocenters. The Balaban J connectivity index is 1.53. The van der Waals surface area contributed by atoms with Gasteiger partial charge in [0, 0.05) is 62.8 Å². The first-order chi connectivity index (χ1) is 11.6. The summed E-state index contributed by atoms with van der Waals surface area (Å²) in [4.78, 5) is 30.7. The highest BCUT2D eigenvalue weighted by atomic mass is 16.6. The van der Waals surface area contributed by atoms with E-state index in [1.807, 2.05) is 4.90 Å². The van der Waals surface area contributed by atoms with Gasteiger partial charge >= 0.3 is 0 Å². The number of nitro benzene ring substituents is 1. The molecule has 1 aromatic heterocycles. The van der Waals surface area contributed by atoms with Gasteiger partial charge < -0.3 is 4.90 Å². The maximum atomic E-state index is 12.4. The third-order valence-corrected chi connectivity index (χ3v) is 4.14. The SMILES string of the molecule is O=C(c1ccncc1)N1CCN(Cc2ccc([N+](=O)[O-])cc2)CC1. The Hall–Kier alpha value is -2.80. The lowest BCUT2D eigenvalue weighted by atomic mass is 10.1. The van der Waals surface area contributed by atoms with Gasteiger partial charge in [0.1, 0.15) is 0 Å². The number of carbonyl (C=O) groups excluding carboxylic acids is 1. The van der Waals surface area contributed by atoms with E-state index in [4.69, 9.17) is 0 Å². The fourth-order valence-electron chi connectivity index (χ4n) is 2.77. The van der Waals surface area contributed by atoms with Crippen molar-refractivity contribution in [3.05, 3.63) is 70.0 Å². The molecule has 0 aliphatic carbocycles. The van der Waals surface area contributed by atoms with Crippen molar-refractivity contribution in [3.8, 4) is 0 Å². The molecule has 3 rings (SSSR count). The topological polar surface area (TPSA) is 79.6 Å². The lowest BCUT2D eigenvalue weighted by Crippen LogP contribution is -2.48. The molecule has 1 aliphatic heterocycles. The van der Waals surface area contributed by atoms with E-state index in [1.54, 1.807) is 36.7 Å². The molecule has 24 heavy (non-hydrogen) atoms. The molecule has 7 heteroatoms. The number of non-ortho nitro benzene ring substituents is 1. The highest BCUT2D eigenvalue weighted by molar-refractivity contribution is 5.94. The van der Waals surface area contributed by atoms with Gasteiger partial charge in [-0.15, -0.1) is 0 Å². The van der Waals surface area contributed by atoms with E-state index in [1.165, 1.54) is 12.1 Å². The number of aromatic nitrogens is 1. The smallest absolute Gasteiger partial charge is 0.269 e. The van der Waals surface area contributed by atoms with Crippen molar-refractivity contribution in [1.82, 2.24) is 14.8 Å². The van der Waals surface area contributed by atoms with Crippen LogP contribution in [0.2, 0.25) is 0 Å². The van der Waals surface area contributed by atoms with Crippen molar-refractivity contribution in [2.24, 2.45) is 0 Å². The molecular formula is C17H18N4O3. The summed E-state index contributed by atoms with van der Waals surface area (Å²) >= 11 is 0. The summed E-state index contributed by atoms with van der Waals surface area (Å²) in [5, 5.41) is 10.7. The monoisotopic (exact) mass is 326 g/mol. The summed E-state index contributed by atoms with van der Waals surface area (Å²) in [5.41, 5.74) is 1.80. The van der Waals surface area contributed by atoms with Gasteiger partial charge in [-0.05, 0) is 17.7 Å². The number of benzene rings is 1. The van der Waals surface area contributed by atoms with Crippen LogP contribution < -0.4 is 0 Å². The Kier molecular flexibility index (Phi) is 4.81. The molecule has 1 aliphatic rings. The Bertz CT molecular complexity index is 710. The van der Waals surface area contributed by atoms with E-state index >= 15 is 0 Å². The van der Waals surface area contributed by atoms with Gasteiger partial charge in [-0.25, -0.2) is 0 Å². The maximum Gasteiger partial charge on any atom is 0.269 e. The van der Waals surface area contributed by atoms with Crippen LogP contribution >= 0.6 is 0 Å². The highest BCUT2D eigenvalue weighted by Gasteiger charge is 2.22. The number of piperazine rings is 1. The second kappa shape index (κ2) is 7.18. The molecule has 124 valence electrons. The van der Waals surface area contributed by atoms with Crippen molar-refractivity contribution in [2.45, 2.75) is 6.54 Å². The van der Waals surface area contributed by atoms with E-state index in [-0.39, 0.29) is 11.6 Å². The molecule has 1 fully saturated rings. The molecule has 0 radical (unpaired) electrons. The quantitative estimate of drug-likeness (QED) is 0.634. The van der Waals surface area contributed by atoms with Crippen LogP contribution in [0, 0.1) is 10.1 Å². The minimum Gasteiger partial charge on any atom is -0.336 e. The molecule has 0 unspecified atom stereocenters. The molecule has 0 N–H and O–H groups in total. The van der Waals surface area contributed by atoms with Crippen molar-refractivity contribution in [2.75, 3.05) is 26.2 Å². The van der Waals surface area contributed by atoms with Crippen LogP contribution in [0.4, 0.5) is 5.69 Å². The minimum atomic E-state index is -0.396. The Morgan fingerprint density at radius 1 is 1.04 bits per heavy atom. The van der Waals surface area contributed by atoms with Gasteiger partial charge in [0.05, 0.1) is 4.92 Å². The summed E-state index contributed by atoms with van der Waals surface area (Å²) in [6.45, 7) is 3.65. The van der Waals surface area contributed by atoms with Crippen molar-refractivity contribution < 1.29 is 9.72 Å². The number of nitro groups is 1. The van der Waals surface area contributed by atoms with Gasteiger partial charge in [0.25, 0.3) is 11.6 Å². The second-order valence-electron chi connectivity index (χ2n) is 5.73. The van der Waals surface area contributed by atoms with E-state index in [0.717, 1.165) is 25.2 Å². The number of pyridine rings is 1. The molecule has 2 heterocycles. The molecule has 2 aromatic rings. The van der Waals surface area contributed by atoms with Gasteiger partial charge in [-0.3, -0.25) is 24.8 Å². The van der Waals surface area contributed by atoms with Crippen LogP contribution in [0.1, 0.15) is 15.9 Å². The van der Waals surface area contributed by atoms with Crippen LogP contribution in [0.25, 0.3) is 0 Å². The van der Waals surface area contributed by atoms with Crippen LogP contribution in [-0.2, 0) is 6.54 Å². The average molecular weight is 326 g/mol. The second-order valence-corrected chi connectivity index (χ2v) is 5.73. The standard InChI is InChI=1S/C17H18N4O3/c22-17(15-5-7-18-8-6-15)20-11-9-19(10-12-20)13-14-1-3-16(4-2-14)21(23)24/h1-8H,9-13H2. The van der Waals surface area contributed by atoms with Crippen molar-refractivity contribution >= 4 is 11.6 Å². The number of carbonyl (C=O) groups is 1. The average Bonchev–Trinajstić information content (AvgIpc) is 2.63. The largest absolute Gasteiger partial charge is 0.336 e. The third-order valence-electron chi connectivity index (χ3n) is 4.14. The summed E-state index contributed by atoms with van der Waals surface area (Å²) in [6.07, 6.45) is 3.25.